The normalized spacial score (nSPS) is 11.8. The fourth-order valence-corrected chi connectivity index (χ4v) is 2.14. The average Bonchev–Trinajstić information content (AvgIpc) is 2.86. The van der Waals surface area contributed by atoms with Crippen molar-refractivity contribution in [1.82, 2.24) is 19.4 Å². The van der Waals surface area contributed by atoms with Crippen LogP contribution >= 0.6 is 15.9 Å². The maximum atomic E-state index is 12.5. The van der Waals surface area contributed by atoms with Gasteiger partial charge in [-0.15, -0.1) is 0 Å². The molecule has 108 valence electrons. The number of hydrogen-bond acceptors (Lipinski definition) is 4. The molecule has 0 fully saturated rings. The van der Waals surface area contributed by atoms with Crippen LogP contribution in [0.2, 0.25) is 0 Å². The molecule has 3 aromatic heterocycles. The van der Waals surface area contributed by atoms with E-state index >= 15 is 0 Å². The second-order valence-electron chi connectivity index (χ2n) is 4.13. The van der Waals surface area contributed by atoms with Crippen LogP contribution in [0.3, 0.4) is 0 Å². The summed E-state index contributed by atoms with van der Waals surface area (Å²) in [4.78, 5) is 12.1. The zero-order valence-corrected chi connectivity index (χ0v) is 11.9. The van der Waals surface area contributed by atoms with E-state index in [1.54, 1.807) is 23.0 Å². The summed E-state index contributed by atoms with van der Waals surface area (Å²) in [6, 6.07) is 2.20. The van der Waals surface area contributed by atoms with Crippen molar-refractivity contribution >= 4 is 33.2 Å². The first-order chi connectivity index (χ1) is 9.93. The van der Waals surface area contributed by atoms with Crippen LogP contribution in [0.1, 0.15) is 5.56 Å². The molecular weight excluding hydrogens is 351 g/mol. The van der Waals surface area contributed by atoms with E-state index in [9.17, 15) is 13.2 Å². The molecule has 0 aliphatic carbocycles. The molecule has 0 unspecified atom stereocenters. The Morgan fingerprint density at radius 3 is 2.67 bits per heavy atom. The summed E-state index contributed by atoms with van der Waals surface area (Å²) in [6.45, 7) is 0. The molecule has 0 aliphatic rings. The van der Waals surface area contributed by atoms with Gasteiger partial charge in [0.2, 0.25) is 0 Å². The minimum absolute atomic E-state index is 0.249. The molecule has 0 amide bonds. The largest absolute Gasteiger partial charge is 0.417 e. The molecule has 0 bridgehead atoms. The fraction of sp³-hybridized carbons (Fsp3) is 0.0833. The first-order valence-electron chi connectivity index (χ1n) is 5.73. The summed E-state index contributed by atoms with van der Waals surface area (Å²) in [5.74, 6) is 0.639. The van der Waals surface area contributed by atoms with E-state index in [0.717, 1.165) is 12.3 Å². The summed E-state index contributed by atoms with van der Waals surface area (Å²) in [6.07, 6.45) is 1.40. The molecule has 3 rings (SSSR count). The Balaban J connectivity index is 1.93. The molecule has 0 atom stereocenters. The molecule has 0 aromatic carbocycles. The van der Waals surface area contributed by atoms with Gasteiger partial charge in [0.25, 0.3) is 0 Å². The maximum absolute atomic E-state index is 12.5. The van der Waals surface area contributed by atoms with Crippen LogP contribution in [0.5, 0.6) is 0 Å². The Morgan fingerprint density at radius 2 is 2.00 bits per heavy atom. The molecule has 0 saturated carbocycles. The second-order valence-corrected chi connectivity index (χ2v) is 4.94. The highest BCUT2D eigenvalue weighted by Gasteiger charge is 2.30. The molecule has 0 spiro atoms. The van der Waals surface area contributed by atoms with Gasteiger partial charge in [-0.3, -0.25) is 0 Å². The quantitative estimate of drug-likeness (QED) is 0.760. The van der Waals surface area contributed by atoms with Crippen molar-refractivity contribution < 1.29 is 13.2 Å². The molecule has 9 heteroatoms. The number of nitrogens with one attached hydrogen (secondary N) is 1. The Hall–Kier alpha value is -2.16. The van der Waals surface area contributed by atoms with E-state index in [2.05, 4.69) is 36.2 Å². The highest BCUT2D eigenvalue weighted by Crippen LogP contribution is 2.29. The summed E-state index contributed by atoms with van der Waals surface area (Å²) >= 11 is 3.25. The van der Waals surface area contributed by atoms with Gasteiger partial charge in [0.05, 0.1) is 5.56 Å². The van der Waals surface area contributed by atoms with Crippen LogP contribution in [-0.2, 0) is 6.18 Å². The van der Waals surface area contributed by atoms with Gasteiger partial charge >= 0.3 is 6.18 Å². The minimum atomic E-state index is -4.41. The second kappa shape index (κ2) is 4.99. The van der Waals surface area contributed by atoms with E-state index in [4.69, 9.17) is 0 Å². The van der Waals surface area contributed by atoms with Crippen LogP contribution in [0.25, 0.3) is 5.65 Å². The van der Waals surface area contributed by atoms with E-state index in [1.807, 2.05) is 0 Å². The molecule has 3 aromatic rings. The standard InChI is InChI=1S/C12H7BrF3N5/c13-8-6-21-4-3-17-11(21)10(19-8)20-9-2-1-7(5-18-9)12(14,15)16/h1-6H,(H,18,19,20). The lowest BCUT2D eigenvalue weighted by Gasteiger charge is -2.09. The van der Waals surface area contributed by atoms with Gasteiger partial charge in [-0.25, -0.2) is 15.0 Å². The van der Waals surface area contributed by atoms with Gasteiger partial charge < -0.3 is 9.72 Å². The van der Waals surface area contributed by atoms with Crippen molar-refractivity contribution in [2.45, 2.75) is 6.18 Å². The van der Waals surface area contributed by atoms with Crippen molar-refractivity contribution in [2.75, 3.05) is 5.32 Å². The van der Waals surface area contributed by atoms with Gasteiger partial charge in [0.15, 0.2) is 11.5 Å². The SMILES string of the molecule is FC(F)(F)c1ccc(Nc2nc(Br)cn3ccnc23)nc1. The lowest BCUT2D eigenvalue weighted by atomic mass is 10.3. The topological polar surface area (TPSA) is 55.1 Å². The number of halogens is 4. The van der Waals surface area contributed by atoms with Gasteiger partial charge in [0.1, 0.15) is 10.4 Å². The predicted octanol–water partition coefficient (Wildman–Crippen LogP) is 3.65. The number of rotatable bonds is 2. The molecular formula is C12H7BrF3N5. The van der Waals surface area contributed by atoms with Gasteiger partial charge in [0, 0.05) is 24.8 Å². The third-order valence-electron chi connectivity index (χ3n) is 2.68. The average molecular weight is 358 g/mol. The third-order valence-corrected chi connectivity index (χ3v) is 3.06. The predicted molar refractivity (Wildman–Crippen MR) is 73.2 cm³/mol. The molecule has 0 saturated heterocycles. The minimum Gasteiger partial charge on any atom is -0.322 e. The Morgan fingerprint density at radius 1 is 1.19 bits per heavy atom. The van der Waals surface area contributed by atoms with Crippen LogP contribution in [0, 0.1) is 0 Å². The number of aromatic nitrogens is 4. The lowest BCUT2D eigenvalue weighted by Crippen LogP contribution is -2.06. The third kappa shape index (κ3) is 2.82. The van der Waals surface area contributed by atoms with Gasteiger partial charge in [-0.2, -0.15) is 13.2 Å². The monoisotopic (exact) mass is 357 g/mol. The Labute approximate surface area is 125 Å². The molecule has 5 nitrogen and oxygen atoms in total. The number of imidazole rings is 1. The summed E-state index contributed by atoms with van der Waals surface area (Å²) in [7, 11) is 0. The van der Waals surface area contributed by atoms with Crippen LogP contribution in [0.4, 0.5) is 24.8 Å². The number of hydrogen-bond donors (Lipinski definition) is 1. The summed E-state index contributed by atoms with van der Waals surface area (Å²) in [5.41, 5.74) is -0.263. The Bertz CT molecular complexity index is 782. The molecule has 1 N–H and O–H groups in total. The highest BCUT2D eigenvalue weighted by molar-refractivity contribution is 9.10. The van der Waals surface area contributed by atoms with Crippen molar-refractivity contribution in [1.29, 1.82) is 0 Å². The van der Waals surface area contributed by atoms with Crippen molar-refractivity contribution in [2.24, 2.45) is 0 Å². The zero-order valence-electron chi connectivity index (χ0n) is 10.3. The van der Waals surface area contributed by atoms with Crippen LogP contribution < -0.4 is 5.32 Å². The number of fused-ring (bicyclic) bond motifs is 1. The van der Waals surface area contributed by atoms with Crippen molar-refractivity contribution in [3.63, 3.8) is 0 Å². The smallest absolute Gasteiger partial charge is 0.322 e. The van der Waals surface area contributed by atoms with E-state index in [-0.39, 0.29) is 5.82 Å². The number of alkyl halides is 3. The number of anilines is 2. The van der Waals surface area contributed by atoms with Gasteiger partial charge in [-0.05, 0) is 28.1 Å². The van der Waals surface area contributed by atoms with Crippen LogP contribution in [0.15, 0.2) is 41.5 Å². The zero-order chi connectivity index (χ0) is 15.0. The molecule has 21 heavy (non-hydrogen) atoms. The highest BCUT2D eigenvalue weighted by atomic mass is 79.9. The van der Waals surface area contributed by atoms with E-state index in [1.165, 1.54) is 6.07 Å². The first-order valence-corrected chi connectivity index (χ1v) is 6.52. The van der Waals surface area contributed by atoms with E-state index < -0.39 is 11.7 Å². The summed E-state index contributed by atoms with van der Waals surface area (Å²) in [5, 5.41) is 2.85. The lowest BCUT2D eigenvalue weighted by molar-refractivity contribution is -0.137. The van der Waals surface area contributed by atoms with Crippen molar-refractivity contribution in [3.05, 3.63) is 47.1 Å². The maximum Gasteiger partial charge on any atom is 0.417 e. The van der Waals surface area contributed by atoms with Crippen LogP contribution in [-0.4, -0.2) is 19.4 Å². The van der Waals surface area contributed by atoms with E-state index in [0.29, 0.717) is 16.1 Å². The molecule has 0 radical (unpaired) electrons. The molecule has 0 aliphatic heterocycles. The van der Waals surface area contributed by atoms with Gasteiger partial charge in [-0.1, -0.05) is 0 Å². The first kappa shape index (κ1) is 13.8. The molecule has 3 heterocycles. The number of pyridine rings is 1. The fourth-order valence-electron chi connectivity index (χ4n) is 1.74. The number of nitrogens with zero attached hydrogens (tertiary/aromatic N) is 4. The Kier molecular flexibility index (Phi) is 3.28. The van der Waals surface area contributed by atoms with Crippen molar-refractivity contribution in [3.8, 4) is 0 Å². The summed E-state index contributed by atoms with van der Waals surface area (Å²) < 4.78 is 39.7.